The van der Waals surface area contributed by atoms with Gasteiger partial charge < -0.3 is 14.6 Å². The van der Waals surface area contributed by atoms with Crippen molar-refractivity contribution >= 4 is 18.5 Å². The molecule has 1 aliphatic heterocycles. The molecule has 3 heterocycles. The molecule has 0 atom stereocenters. The molecule has 1 fully saturated rings. The molecule has 1 saturated heterocycles. The smallest absolute Gasteiger partial charge is 0.417 e. The molecule has 1 aromatic carbocycles. The molecule has 7 nitrogen and oxygen atoms in total. The lowest BCUT2D eigenvalue weighted by atomic mass is 9.99. The van der Waals surface area contributed by atoms with Crippen LogP contribution in [0.4, 0.5) is 22.0 Å². The number of furan rings is 1. The summed E-state index contributed by atoms with van der Waals surface area (Å²) in [5, 5.41) is 2.61. The summed E-state index contributed by atoms with van der Waals surface area (Å²) in [5.74, 6) is -3.46. The van der Waals surface area contributed by atoms with Crippen molar-refractivity contribution < 1.29 is 36.0 Å². The molecule has 3 aromatic rings. The number of nitrogens with zero attached hydrogens (tertiary/aromatic N) is 3. The fraction of sp³-hybridized carbons (Fsp3) is 0.250. The predicted octanol–water partition coefficient (Wildman–Crippen LogP) is 7.23. The first-order valence-corrected chi connectivity index (χ1v) is 13.6. The van der Waals surface area contributed by atoms with Crippen LogP contribution in [0.15, 0.2) is 94.1 Å². The number of hydrogen-bond acceptors (Lipinski definition) is 5. The Hall–Kier alpha value is -4.87. The van der Waals surface area contributed by atoms with Gasteiger partial charge in [-0.2, -0.15) is 13.2 Å². The van der Waals surface area contributed by atoms with Gasteiger partial charge in [0.1, 0.15) is 11.5 Å². The molecule has 1 N–H and O–H groups in total. The molecule has 44 heavy (non-hydrogen) atoms. The number of halogens is 5. The number of rotatable bonds is 9. The SMILES string of the molecule is C=N\C=C/C=C(C)/C=C/C(=O)NCc1ccc(-c2ccc(-c3ccc(C(=O)N4CCC(F)(F)CC4)cn3)cc2C(F)(F)F)o1. The molecule has 4 rings (SSSR count). The Labute approximate surface area is 250 Å². The maximum Gasteiger partial charge on any atom is 0.417 e. The number of aromatic nitrogens is 1. The molecule has 230 valence electrons. The number of amides is 2. The normalized spacial score (nSPS) is 15.6. The Morgan fingerprint density at radius 3 is 2.52 bits per heavy atom. The highest BCUT2D eigenvalue weighted by Gasteiger charge is 2.36. The fourth-order valence-electron chi connectivity index (χ4n) is 4.43. The number of pyridine rings is 1. The first-order chi connectivity index (χ1) is 20.9. The maximum atomic E-state index is 14.1. The number of carbonyl (C=O) groups is 2. The van der Waals surface area contributed by atoms with E-state index in [1.54, 1.807) is 25.2 Å². The number of hydrogen-bond donors (Lipinski definition) is 1. The highest BCUT2D eigenvalue weighted by molar-refractivity contribution is 5.94. The van der Waals surface area contributed by atoms with Crippen LogP contribution in [0.5, 0.6) is 0 Å². The van der Waals surface area contributed by atoms with Gasteiger partial charge in [-0.15, -0.1) is 0 Å². The zero-order valence-electron chi connectivity index (χ0n) is 23.7. The van der Waals surface area contributed by atoms with Gasteiger partial charge in [0.05, 0.1) is 23.4 Å². The Morgan fingerprint density at radius 1 is 1.11 bits per heavy atom. The van der Waals surface area contributed by atoms with E-state index in [2.05, 4.69) is 22.0 Å². The zero-order valence-corrected chi connectivity index (χ0v) is 23.7. The van der Waals surface area contributed by atoms with E-state index in [0.717, 1.165) is 11.6 Å². The van der Waals surface area contributed by atoms with E-state index in [9.17, 15) is 31.5 Å². The number of carbonyl (C=O) groups excluding carboxylic acids is 2. The standard InChI is InChI=1S/C32H29F5N4O3/c1-21(4-3-15-38-2)5-12-29(42)40-20-24-8-11-28(44-24)25-9-6-22(18-26(25)32(35,36)37)27-10-7-23(19-39-27)30(43)41-16-13-31(33,34)14-17-41/h3-12,15,18-19H,2,13-14,16-17,20H2,1H3,(H,40,42)/b12-5+,15-3-,21-4+. The zero-order chi connectivity index (χ0) is 31.9. The van der Waals surface area contributed by atoms with Gasteiger partial charge in [-0.05, 0) is 56.1 Å². The molecule has 0 radical (unpaired) electrons. The van der Waals surface area contributed by atoms with Gasteiger partial charge in [0.15, 0.2) is 0 Å². The van der Waals surface area contributed by atoms with Crippen LogP contribution in [0.1, 0.15) is 41.4 Å². The van der Waals surface area contributed by atoms with Crippen molar-refractivity contribution in [2.24, 2.45) is 4.99 Å². The highest BCUT2D eigenvalue weighted by atomic mass is 19.4. The number of benzene rings is 1. The maximum absolute atomic E-state index is 14.1. The molecule has 0 saturated carbocycles. The third-order valence-electron chi connectivity index (χ3n) is 6.83. The van der Waals surface area contributed by atoms with Crippen LogP contribution in [-0.2, 0) is 17.5 Å². The van der Waals surface area contributed by atoms with E-state index in [1.807, 2.05) is 0 Å². The van der Waals surface area contributed by atoms with Crippen LogP contribution >= 0.6 is 0 Å². The summed E-state index contributed by atoms with van der Waals surface area (Å²) in [6.45, 7) is 4.88. The Morgan fingerprint density at radius 2 is 1.86 bits per heavy atom. The lowest BCUT2D eigenvalue weighted by molar-refractivity contribution is -0.137. The van der Waals surface area contributed by atoms with Crippen molar-refractivity contribution in [3.05, 3.63) is 102 Å². The summed E-state index contributed by atoms with van der Waals surface area (Å²) in [5.41, 5.74) is 0.136. The quantitative estimate of drug-likeness (QED) is 0.120. The topological polar surface area (TPSA) is 87.8 Å². The van der Waals surface area contributed by atoms with Crippen LogP contribution in [0.2, 0.25) is 0 Å². The number of allylic oxidation sites excluding steroid dienone is 4. The number of likely N-dealkylation sites (tertiary alicyclic amines) is 1. The average Bonchev–Trinajstić information content (AvgIpc) is 3.47. The first-order valence-electron chi connectivity index (χ1n) is 13.6. The third-order valence-corrected chi connectivity index (χ3v) is 6.83. The second kappa shape index (κ2) is 13.6. The van der Waals surface area contributed by atoms with E-state index in [1.165, 1.54) is 59.8 Å². The fourth-order valence-corrected chi connectivity index (χ4v) is 4.43. The van der Waals surface area contributed by atoms with E-state index in [4.69, 9.17) is 4.42 Å². The van der Waals surface area contributed by atoms with Crippen LogP contribution in [0.3, 0.4) is 0 Å². The van der Waals surface area contributed by atoms with Gasteiger partial charge in [0.2, 0.25) is 5.91 Å². The minimum absolute atomic E-state index is 0.0360. The lowest BCUT2D eigenvalue weighted by Crippen LogP contribution is -2.42. The molecular weight excluding hydrogens is 583 g/mol. The molecule has 0 unspecified atom stereocenters. The van der Waals surface area contributed by atoms with E-state index >= 15 is 0 Å². The summed E-state index contributed by atoms with van der Waals surface area (Å²) in [4.78, 5) is 33.9. The molecule has 0 spiro atoms. The minimum atomic E-state index is -4.73. The van der Waals surface area contributed by atoms with E-state index in [-0.39, 0.29) is 53.5 Å². The molecular formula is C32H29F5N4O3. The summed E-state index contributed by atoms with van der Waals surface area (Å²) < 4.78 is 74.8. The van der Waals surface area contributed by atoms with Gasteiger partial charge in [0, 0.05) is 55.5 Å². The molecule has 2 amide bonds. The molecule has 0 bridgehead atoms. The van der Waals surface area contributed by atoms with Crippen molar-refractivity contribution in [1.29, 1.82) is 0 Å². The Kier molecular flexibility index (Phi) is 9.92. The monoisotopic (exact) mass is 612 g/mol. The molecule has 1 aliphatic rings. The Balaban J connectivity index is 1.46. The van der Waals surface area contributed by atoms with Gasteiger partial charge in [-0.3, -0.25) is 19.6 Å². The van der Waals surface area contributed by atoms with Crippen molar-refractivity contribution in [1.82, 2.24) is 15.2 Å². The number of aliphatic imine (C=N–C) groups is 1. The van der Waals surface area contributed by atoms with Gasteiger partial charge >= 0.3 is 6.18 Å². The minimum Gasteiger partial charge on any atom is -0.459 e. The predicted molar refractivity (Wildman–Crippen MR) is 156 cm³/mol. The average molecular weight is 613 g/mol. The lowest BCUT2D eigenvalue weighted by Gasteiger charge is -2.31. The van der Waals surface area contributed by atoms with Gasteiger partial charge in [-0.1, -0.05) is 23.8 Å². The first kappa shape index (κ1) is 32.1. The van der Waals surface area contributed by atoms with Crippen molar-refractivity contribution in [3.63, 3.8) is 0 Å². The summed E-state index contributed by atoms with van der Waals surface area (Å²) in [7, 11) is 0. The Bertz CT molecular complexity index is 1590. The molecule has 2 aromatic heterocycles. The van der Waals surface area contributed by atoms with Gasteiger partial charge in [0.25, 0.3) is 11.8 Å². The summed E-state index contributed by atoms with van der Waals surface area (Å²) in [6, 6.07) is 9.35. The van der Waals surface area contributed by atoms with E-state index < -0.39 is 42.3 Å². The van der Waals surface area contributed by atoms with Crippen molar-refractivity contribution in [2.75, 3.05) is 13.1 Å². The summed E-state index contributed by atoms with van der Waals surface area (Å²) >= 11 is 0. The van der Waals surface area contributed by atoms with Crippen LogP contribution in [0, 0.1) is 0 Å². The third kappa shape index (κ3) is 8.36. The second-order valence-electron chi connectivity index (χ2n) is 10.1. The van der Waals surface area contributed by atoms with E-state index in [0.29, 0.717) is 0 Å². The van der Waals surface area contributed by atoms with Crippen LogP contribution < -0.4 is 5.32 Å². The van der Waals surface area contributed by atoms with Crippen molar-refractivity contribution in [2.45, 2.75) is 38.4 Å². The molecule has 12 heteroatoms. The summed E-state index contributed by atoms with van der Waals surface area (Å²) in [6.07, 6.45) is 3.44. The number of alkyl halides is 5. The highest BCUT2D eigenvalue weighted by Crippen LogP contribution is 2.40. The van der Waals surface area contributed by atoms with Crippen molar-refractivity contribution in [3.8, 4) is 22.6 Å². The van der Waals surface area contributed by atoms with Gasteiger partial charge in [-0.25, -0.2) is 8.78 Å². The second-order valence-corrected chi connectivity index (χ2v) is 10.1. The van der Waals surface area contributed by atoms with Crippen LogP contribution in [-0.4, -0.2) is 47.4 Å². The number of piperidine rings is 1. The van der Waals surface area contributed by atoms with Crippen LogP contribution in [0.25, 0.3) is 22.6 Å². The number of nitrogens with one attached hydrogen (secondary N) is 1. The largest absolute Gasteiger partial charge is 0.459 e. The molecule has 0 aliphatic carbocycles.